The van der Waals surface area contributed by atoms with Crippen molar-refractivity contribution in [2.75, 3.05) is 0 Å². The highest BCUT2D eigenvalue weighted by atomic mass is 35.5. The van der Waals surface area contributed by atoms with Gasteiger partial charge in [-0.1, -0.05) is 23.2 Å². The Labute approximate surface area is 98.6 Å². The van der Waals surface area contributed by atoms with Crippen molar-refractivity contribution in [3.05, 3.63) is 33.3 Å². The molecule has 86 valence electrons. The van der Waals surface area contributed by atoms with Gasteiger partial charge in [0.25, 0.3) is 0 Å². The highest BCUT2D eigenvalue weighted by Crippen LogP contribution is 2.29. The molecule has 1 aromatic rings. The molecule has 0 aliphatic rings. The Kier molecular flexibility index (Phi) is 3.83. The van der Waals surface area contributed by atoms with E-state index in [9.17, 15) is 23.5 Å². The molecule has 0 fully saturated rings. The van der Waals surface area contributed by atoms with Crippen LogP contribution in [0.3, 0.4) is 0 Å². The quantitative estimate of drug-likeness (QED) is 0.362. The SMILES string of the molecule is O=C([O-])CC(=O)c1cc(Cl)c(F)c(Cl)c1F. The lowest BCUT2D eigenvalue weighted by Gasteiger charge is -2.06. The zero-order valence-electron chi connectivity index (χ0n) is 7.52. The molecule has 1 rings (SSSR count). The third-order valence-electron chi connectivity index (χ3n) is 1.71. The molecular weight excluding hydrogens is 265 g/mol. The fourth-order valence-electron chi connectivity index (χ4n) is 1.00. The molecule has 0 aromatic heterocycles. The maximum absolute atomic E-state index is 13.3. The second kappa shape index (κ2) is 4.76. The van der Waals surface area contributed by atoms with E-state index >= 15 is 0 Å². The topological polar surface area (TPSA) is 57.2 Å². The van der Waals surface area contributed by atoms with Gasteiger partial charge in [-0.2, -0.15) is 0 Å². The molecule has 0 aliphatic carbocycles. The molecule has 0 spiro atoms. The lowest BCUT2D eigenvalue weighted by molar-refractivity contribution is -0.304. The molecule has 7 heteroatoms. The van der Waals surface area contributed by atoms with E-state index in [1.807, 2.05) is 0 Å². The molecular formula is C9H3Cl2F2O3-. The minimum absolute atomic E-state index is 0.562. The van der Waals surface area contributed by atoms with Crippen LogP contribution >= 0.6 is 23.2 Å². The van der Waals surface area contributed by atoms with Gasteiger partial charge in [0.1, 0.15) is 5.02 Å². The number of Topliss-reactive ketones (excluding diaryl/α,β-unsaturated/α-hetero) is 1. The van der Waals surface area contributed by atoms with Crippen molar-refractivity contribution in [1.29, 1.82) is 0 Å². The minimum Gasteiger partial charge on any atom is -0.550 e. The summed E-state index contributed by atoms with van der Waals surface area (Å²) in [6.45, 7) is 0. The van der Waals surface area contributed by atoms with Crippen LogP contribution in [0.5, 0.6) is 0 Å². The highest BCUT2D eigenvalue weighted by Gasteiger charge is 2.20. The second-order valence-corrected chi connectivity index (χ2v) is 3.61. The number of benzene rings is 1. The Balaban J connectivity index is 3.25. The summed E-state index contributed by atoms with van der Waals surface area (Å²) in [5.74, 6) is -5.32. The number of aliphatic carboxylic acids is 1. The molecule has 1 aromatic carbocycles. The number of rotatable bonds is 3. The monoisotopic (exact) mass is 267 g/mol. The largest absolute Gasteiger partial charge is 0.550 e. The van der Waals surface area contributed by atoms with E-state index in [1.165, 1.54) is 0 Å². The van der Waals surface area contributed by atoms with Crippen molar-refractivity contribution in [2.45, 2.75) is 6.42 Å². The minimum atomic E-state index is -1.68. The van der Waals surface area contributed by atoms with Crippen LogP contribution in [0.4, 0.5) is 8.78 Å². The van der Waals surface area contributed by atoms with E-state index in [-0.39, 0.29) is 0 Å². The van der Waals surface area contributed by atoms with Crippen LogP contribution in [0, 0.1) is 11.6 Å². The van der Waals surface area contributed by atoms with Crippen molar-refractivity contribution in [3.8, 4) is 0 Å². The van der Waals surface area contributed by atoms with E-state index in [2.05, 4.69) is 0 Å². The molecule has 0 bridgehead atoms. The Bertz CT molecular complexity index is 474. The molecule has 0 saturated carbocycles. The first-order valence-corrected chi connectivity index (χ1v) is 4.66. The van der Waals surface area contributed by atoms with Crippen molar-refractivity contribution < 1.29 is 23.5 Å². The number of carboxylic acids is 1. The van der Waals surface area contributed by atoms with Crippen molar-refractivity contribution in [2.24, 2.45) is 0 Å². The Morgan fingerprint density at radius 3 is 2.31 bits per heavy atom. The molecule has 0 aliphatic heterocycles. The standard InChI is InChI=1S/C9H4Cl2F2O3/c10-4-1-3(5(14)2-6(15)16)8(12)7(11)9(4)13/h1H,2H2,(H,15,16)/p-1. The molecule has 0 unspecified atom stereocenters. The molecule has 0 saturated heterocycles. The first-order valence-electron chi connectivity index (χ1n) is 3.90. The van der Waals surface area contributed by atoms with Crippen LogP contribution in [-0.2, 0) is 4.79 Å². The summed E-state index contributed by atoms with van der Waals surface area (Å²) < 4.78 is 26.2. The van der Waals surface area contributed by atoms with Crippen LogP contribution in [0.15, 0.2) is 6.07 Å². The predicted octanol–water partition coefficient (Wildman–Crippen LogP) is 1.59. The zero-order chi connectivity index (χ0) is 12.5. The molecule has 0 atom stereocenters. The van der Waals surface area contributed by atoms with Gasteiger partial charge in [-0.05, 0) is 6.07 Å². The van der Waals surface area contributed by atoms with Crippen molar-refractivity contribution in [3.63, 3.8) is 0 Å². The first kappa shape index (κ1) is 12.9. The number of carbonyl (C=O) groups excluding carboxylic acids is 2. The second-order valence-electron chi connectivity index (χ2n) is 2.82. The molecule has 16 heavy (non-hydrogen) atoms. The fourth-order valence-corrected chi connectivity index (χ4v) is 1.46. The van der Waals surface area contributed by atoms with Gasteiger partial charge in [-0.25, -0.2) is 8.78 Å². The number of hydrogen-bond acceptors (Lipinski definition) is 3. The summed E-state index contributed by atoms with van der Waals surface area (Å²) in [6, 6.07) is 0.684. The summed E-state index contributed by atoms with van der Waals surface area (Å²) in [5, 5.41) is 8.62. The third-order valence-corrected chi connectivity index (χ3v) is 2.31. The van der Waals surface area contributed by atoms with E-state index in [0.717, 1.165) is 0 Å². The Hall–Kier alpha value is -1.20. The van der Waals surface area contributed by atoms with Crippen LogP contribution in [0.1, 0.15) is 16.8 Å². The molecule has 0 heterocycles. The summed E-state index contributed by atoms with van der Waals surface area (Å²) in [4.78, 5) is 21.3. The van der Waals surface area contributed by atoms with E-state index in [4.69, 9.17) is 23.2 Å². The van der Waals surface area contributed by atoms with Crippen molar-refractivity contribution in [1.82, 2.24) is 0 Å². The maximum atomic E-state index is 13.3. The number of ketones is 1. The van der Waals surface area contributed by atoms with Crippen molar-refractivity contribution >= 4 is 35.0 Å². The Morgan fingerprint density at radius 1 is 1.25 bits per heavy atom. The van der Waals surface area contributed by atoms with Crippen LogP contribution in [-0.4, -0.2) is 11.8 Å². The molecule has 3 nitrogen and oxygen atoms in total. The van der Waals surface area contributed by atoms with E-state index in [1.54, 1.807) is 0 Å². The average molecular weight is 268 g/mol. The van der Waals surface area contributed by atoms with Crippen LogP contribution in [0.2, 0.25) is 10.0 Å². The lowest BCUT2D eigenvalue weighted by Crippen LogP contribution is -2.25. The maximum Gasteiger partial charge on any atom is 0.171 e. The van der Waals surface area contributed by atoms with Gasteiger partial charge in [-0.3, -0.25) is 4.79 Å². The van der Waals surface area contributed by atoms with Crippen LogP contribution < -0.4 is 5.11 Å². The number of carbonyl (C=O) groups is 2. The van der Waals surface area contributed by atoms with Gasteiger partial charge < -0.3 is 9.90 Å². The van der Waals surface area contributed by atoms with E-state index < -0.39 is 45.4 Å². The average Bonchev–Trinajstić information content (AvgIpc) is 2.19. The smallest absolute Gasteiger partial charge is 0.171 e. The number of carboxylic acid groups (broad SMARTS) is 1. The number of hydrogen-bond donors (Lipinski definition) is 0. The summed E-state index contributed by atoms with van der Waals surface area (Å²) in [5.41, 5.74) is -0.680. The first-order chi connectivity index (χ1) is 7.34. The number of halogens is 4. The van der Waals surface area contributed by atoms with Gasteiger partial charge in [0.05, 0.1) is 17.0 Å². The Morgan fingerprint density at radius 2 is 1.81 bits per heavy atom. The molecule has 0 radical (unpaired) electrons. The summed E-state index contributed by atoms with van der Waals surface area (Å²) >= 11 is 10.5. The van der Waals surface area contributed by atoms with Gasteiger partial charge in [0.2, 0.25) is 0 Å². The zero-order valence-corrected chi connectivity index (χ0v) is 9.03. The summed E-state index contributed by atoms with van der Waals surface area (Å²) in [7, 11) is 0. The normalized spacial score (nSPS) is 10.2. The predicted molar refractivity (Wildman–Crippen MR) is 50.3 cm³/mol. The van der Waals surface area contributed by atoms with Crippen LogP contribution in [0.25, 0.3) is 0 Å². The van der Waals surface area contributed by atoms with E-state index in [0.29, 0.717) is 6.07 Å². The summed E-state index contributed by atoms with van der Waals surface area (Å²) in [6.07, 6.45) is -1.03. The van der Waals surface area contributed by atoms with Gasteiger partial charge in [0.15, 0.2) is 17.4 Å². The van der Waals surface area contributed by atoms with Gasteiger partial charge in [0, 0.05) is 5.97 Å². The van der Waals surface area contributed by atoms with Gasteiger partial charge in [-0.15, -0.1) is 0 Å². The lowest BCUT2D eigenvalue weighted by atomic mass is 10.1. The van der Waals surface area contributed by atoms with Gasteiger partial charge >= 0.3 is 0 Å². The molecule has 0 amide bonds. The highest BCUT2D eigenvalue weighted by molar-refractivity contribution is 6.35. The third kappa shape index (κ3) is 2.48. The molecule has 0 N–H and O–H groups in total. The fraction of sp³-hybridized carbons (Fsp3) is 0.111.